The van der Waals surface area contributed by atoms with Gasteiger partial charge in [0.2, 0.25) is 11.6 Å². The second-order valence-electron chi connectivity index (χ2n) is 5.59. The first kappa shape index (κ1) is 16.0. The van der Waals surface area contributed by atoms with Crippen LogP contribution in [0.25, 0.3) is 11.1 Å². The number of aromatic nitrogens is 2. The fourth-order valence-electron chi connectivity index (χ4n) is 2.40. The molecule has 1 amide bonds. The summed E-state index contributed by atoms with van der Waals surface area (Å²) in [4.78, 5) is 20.6. The van der Waals surface area contributed by atoms with E-state index in [1.54, 1.807) is 6.92 Å². The Kier molecular flexibility index (Phi) is 4.46. The van der Waals surface area contributed by atoms with E-state index in [9.17, 15) is 4.79 Å². The fraction of sp³-hybridized carbons (Fsp3) is 0.278. The molecule has 1 aromatic carbocycles. The number of nitrogens with one attached hydrogen (secondary N) is 1. The van der Waals surface area contributed by atoms with Gasteiger partial charge in [0.15, 0.2) is 6.61 Å². The molecule has 0 aliphatic carbocycles. The molecule has 3 rings (SSSR count). The van der Waals surface area contributed by atoms with Gasteiger partial charge < -0.3 is 14.5 Å². The van der Waals surface area contributed by atoms with Crippen molar-refractivity contribution in [2.24, 2.45) is 0 Å². The molecule has 0 fully saturated rings. The van der Waals surface area contributed by atoms with Crippen molar-refractivity contribution >= 4 is 17.0 Å². The topological polar surface area (TPSA) is 77.2 Å². The second kappa shape index (κ2) is 6.70. The lowest BCUT2D eigenvalue weighted by molar-refractivity contribution is -0.123. The van der Waals surface area contributed by atoms with E-state index in [2.05, 4.69) is 15.3 Å². The van der Waals surface area contributed by atoms with Crippen molar-refractivity contribution in [1.29, 1.82) is 0 Å². The second-order valence-corrected chi connectivity index (χ2v) is 5.59. The van der Waals surface area contributed by atoms with Crippen LogP contribution in [-0.2, 0) is 11.3 Å². The zero-order chi connectivity index (χ0) is 17.1. The summed E-state index contributed by atoms with van der Waals surface area (Å²) >= 11 is 0. The minimum Gasteiger partial charge on any atom is -0.467 e. The van der Waals surface area contributed by atoms with Crippen molar-refractivity contribution in [2.75, 3.05) is 6.61 Å². The summed E-state index contributed by atoms with van der Waals surface area (Å²) < 4.78 is 11.2. The number of carbonyl (C=O) groups is 1. The number of aryl methyl sites for hydroxylation is 3. The standard InChI is InChI=1S/C18H19N3O3/c1-11-12(2)24-18-16(11)17(20-13(3)21-18)23-10-15(22)19-9-14-7-5-4-6-8-14/h4-8H,9-10H2,1-3H3,(H,19,22). The number of hydrogen-bond donors (Lipinski definition) is 1. The summed E-state index contributed by atoms with van der Waals surface area (Å²) in [5, 5.41) is 3.54. The van der Waals surface area contributed by atoms with Crippen LogP contribution in [-0.4, -0.2) is 22.5 Å². The molecular formula is C18H19N3O3. The molecular weight excluding hydrogens is 306 g/mol. The molecule has 0 bridgehead atoms. The Morgan fingerprint density at radius 1 is 1.17 bits per heavy atom. The summed E-state index contributed by atoms with van der Waals surface area (Å²) in [6.45, 7) is 5.90. The van der Waals surface area contributed by atoms with Crippen LogP contribution in [0.1, 0.15) is 22.7 Å². The van der Waals surface area contributed by atoms with Crippen LogP contribution in [0.4, 0.5) is 0 Å². The molecule has 3 aromatic rings. The van der Waals surface area contributed by atoms with Gasteiger partial charge in [0.25, 0.3) is 5.91 Å². The first-order valence-corrected chi connectivity index (χ1v) is 7.72. The van der Waals surface area contributed by atoms with E-state index in [0.29, 0.717) is 29.3 Å². The number of fused-ring (bicyclic) bond motifs is 1. The maximum atomic E-state index is 12.0. The van der Waals surface area contributed by atoms with Gasteiger partial charge in [0.05, 0.1) is 0 Å². The molecule has 124 valence electrons. The Labute approximate surface area is 139 Å². The van der Waals surface area contributed by atoms with Crippen LogP contribution in [0.15, 0.2) is 34.7 Å². The van der Waals surface area contributed by atoms with Crippen molar-refractivity contribution < 1.29 is 13.9 Å². The van der Waals surface area contributed by atoms with Gasteiger partial charge in [-0.2, -0.15) is 9.97 Å². The smallest absolute Gasteiger partial charge is 0.258 e. The lowest BCUT2D eigenvalue weighted by Crippen LogP contribution is -2.28. The fourth-order valence-corrected chi connectivity index (χ4v) is 2.40. The lowest BCUT2D eigenvalue weighted by atomic mass is 10.2. The minimum atomic E-state index is -0.207. The molecule has 0 saturated carbocycles. The van der Waals surface area contributed by atoms with E-state index in [1.807, 2.05) is 44.2 Å². The number of hydrogen-bond acceptors (Lipinski definition) is 5. The number of rotatable bonds is 5. The zero-order valence-corrected chi connectivity index (χ0v) is 13.9. The summed E-state index contributed by atoms with van der Waals surface area (Å²) in [6, 6.07) is 9.71. The van der Waals surface area contributed by atoms with Crippen LogP contribution in [0.5, 0.6) is 5.88 Å². The van der Waals surface area contributed by atoms with E-state index < -0.39 is 0 Å². The Bertz CT molecular complexity index is 872. The van der Waals surface area contributed by atoms with E-state index >= 15 is 0 Å². The van der Waals surface area contributed by atoms with E-state index in [1.165, 1.54) is 0 Å². The third-order valence-corrected chi connectivity index (χ3v) is 3.78. The molecule has 0 aliphatic rings. The maximum Gasteiger partial charge on any atom is 0.258 e. The predicted octanol–water partition coefficient (Wildman–Crippen LogP) is 2.84. The van der Waals surface area contributed by atoms with E-state index in [-0.39, 0.29) is 12.5 Å². The number of furan rings is 1. The molecule has 6 heteroatoms. The first-order chi connectivity index (χ1) is 11.5. The van der Waals surface area contributed by atoms with Crippen molar-refractivity contribution in [2.45, 2.75) is 27.3 Å². The predicted molar refractivity (Wildman–Crippen MR) is 89.8 cm³/mol. The maximum absolute atomic E-state index is 12.0. The van der Waals surface area contributed by atoms with E-state index in [4.69, 9.17) is 9.15 Å². The van der Waals surface area contributed by atoms with Crippen LogP contribution in [0.3, 0.4) is 0 Å². The number of nitrogens with zero attached hydrogens (tertiary/aromatic N) is 2. The molecule has 0 aliphatic heterocycles. The third-order valence-electron chi connectivity index (χ3n) is 3.78. The van der Waals surface area contributed by atoms with Crippen molar-refractivity contribution in [3.8, 4) is 5.88 Å². The van der Waals surface area contributed by atoms with Gasteiger partial charge in [-0.25, -0.2) is 0 Å². The number of carbonyl (C=O) groups excluding carboxylic acids is 1. The highest BCUT2D eigenvalue weighted by molar-refractivity contribution is 5.84. The van der Waals surface area contributed by atoms with Crippen LogP contribution >= 0.6 is 0 Å². The largest absolute Gasteiger partial charge is 0.467 e. The minimum absolute atomic E-state index is 0.109. The normalized spacial score (nSPS) is 10.8. The quantitative estimate of drug-likeness (QED) is 0.780. The molecule has 0 radical (unpaired) electrons. The Morgan fingerprint density at radius 3 is 2.67 bits per heavy atom. The molecule has 0 spiro atoms. The average molecular weight is 325 g/mol. The van der Waals surface area contributed by atoms with Gasteiger partial charge in [0.1, 0.15) is 17.0 Å². The average Bonchev–Trinajstić information content (AvgIpc) is 2.86. The highest BCUT2D eigenvalue weighted by atomic mass is 16.5. The molecule has 24 heavy (non-hydrogen) atoms. The summed E-state index contributed by atoms with van der Waals surface area (Å²) in [5.74, 6) is 1.47. The van der Waals surface area contributed by atoms with Crippen molar-refractivity contribution in [3.05, 3.63) is 53.0 Å². The highest BCUT2D eigenvalue weighted by Gasteiger charge is 2.17. The Hall–Kier alpha value is -2.89. The number of benzene rings is 1. The zero-order valence-electron chi connectivity index (χ0n) is 13.9. The van der Waals surface area contributed by atoms with Gasteiger partial charge >= 0.3 is 0 Å². The van der Waals surface area contributed by atoms with Gasteiger partial charge in [-0.05, 0) is 26.3 Å². The molecule has 1 N–H and O–H groups in total. The Balaban J connectivity index is 1.68. The van der Waals surface area contributed by atoms with Gasteiger partial charge in [0, 0.05) is 12.1 Å². The molecule has 2 heterocycles. The number of amides is 1. The van der Waals surface area contributed by atoms with Gasteiger partial charge in [-0.1, -0.05) is 30.3 Å². The van der Waals surface area contributed by atoms with Gasteiger partial charge in [-0.15, -0.1) is 0 Å². The third kappa shape index (κ3) is 3.37. The summed E-state index contributed by atoms with van der Waals surface area (Å²) in [7, 11) is 0. The Morgan fingerprint density at radius 2 is 1.92 bits per heavy atom. The summed E-state index contributed by atoms with van der Waals surface area (Å²) in [5.41, 5.74) is 2.44. The van der Waals surface area contributed by atoms with Crippen LogP contribution in [0, 0.1) is 20.8 Å². The summed E-state index contributed by atoms with van der Waals surface area (Å²) in [6.07, 6.45) is 0. The molecule has 6 nitrogen and oxygen atoms in total. The SMILES string of the molecule is Cc1nc(OCC(=O)NCc2ccccc2)c2c(C)c(C)oc2n1. The van der Waals surface area contributed by atoms with Crippen molar-refractivity contribution in [3.63, 3.8) is 0 Å². The monoisotopic (exact) mass is 325 g/mol. The molecule has 0 unspecified atom stereocenters. The van der Waals surface area contributed by atoms with Gasteiger partial charge in [-0.3, -0.25) is 4.79 Å². The van der Waals surface area contributed by atoms with Crippen LogP contribution in [0.2, 0.25) is 0 Å². The lowest BCUT2D eigenvalue weighted by Gasteiger charge is -2.08. The molecule has 2 aromatic heterocycles. The molecule has 0 saturated heterocycles. The number of ether oxygens (including phenoxy) is 1. The molecule has 0 atom stereocenters. The van der Waals surface area contributed by atoms with E-state index in [0.717, 1.165) is 16.9 Å². The highest BCUT2D eigenvalue weighted by Crippen LogP contribution is 2.30. The van der Waals surface area contributed by atoms with Crippen molar-refractivity contribution in [1.82, 2.24) is 15.3 Å². The first-order valence-electron chi connectivity index (χ1n) is 7.72. The van der Waals surface area contributed by atoms with Crippen LogP contribution < -0.4 is 10.1 Å².